The highest BCUT2D eigenvalue weighted by Crippen LogP contribution is 2.23. The van der Waals surface area contributed by atoms with E-state index in [2.05, 4.69) is 12.1 Å². The number of amides is 1. The minimum atomic E-state index is 0.135. The summed E-state index contributed by atoms with van der Waals surface area (Å²) in [5.74, 6) is 0.135. The van der Waals surface area contributed by atoms with Crippen molar-refractivity contribution in [3.8, 4) is 0 Å². The molecule has 3 nitrogen and oxygen atoms in total. The van der Waals surface area contributed by atoms with Crippen LogP contribution in [0.2, 0.25) is 0 Å². The van der Waals surface area contributed by atoms with E-state index in [1.165, 1.54) is 11.1 Å². The van der Waals surface area contributed by atoms with Crippen molar-refractivity contribution in [3.05, 3.63) is 34.9 Å². The van der Waals surface area contributed by atoms with Gasteiger partial charge in [0, 0.05) is 26.6 Å². The Morgan fingerprint density at radius 1 is 1.43 bits per heavy atom. The first-order valence-electron chi connectivity index (χ1n) is 4.77. The number of benzene rings is 1. The first kappa shape index (κ1) is 9.21. The van der Waals surface area contributed by atoms with E-state index in [0.717, 1.165) is 18.7 Å². The van der Waals surface area contributed by atoms with Crippen molar-refractivity contribution in [2.75, 3.05) is 0 Å². The van der Waals surface area contributed by atoms with Gasteiger partial charge >= 0.3 is 0 Å². The van der Waals surface area contributed by atoms with Crippen molar-refractivity contribution in [3.63, 3.8) is 0 Å². The summed E-state index contributed by atoms with van der Waals surface area (Å²) >= 11 is 0. The SMILES string of the molecule is CC(=O)N1Cc2ccc(CN)cc2C1. The molecule has 1 aromatic rings. The molecule has 3 heteroatoms. The van der Waals surface area contributed by atoms with E-state index in [4.69, 9.17) is 5.73 Å². The summed E-state index contributed by atoms with van der Waals surface area (Å²) in [5, 5.41) is 0. The molecule has 0 fully saturated rings. The Morgan fingerprint density at radius 2 is 2.14 bits per heavy atom. The maximum atomic E-state index is 11.2. The van der Waals surface area contributed by atoms with Crippen LogP contribution in [0.25, 0.3) is 0 Å². The Balaban J connectivity index is 2.27. The van der Waals surface area contributed by atoms with Crippen LogP contribution in [0.4, 0.5) is 0 Å². The fraction of sp³-hybridized carbons (Fsp3) is 0.364. The quantitative estimate of drug-likeness (QED) is 0.718. The number of fused-ring (bicyclic) bond motifs is 1. The largest absolute Gasteiger partial charge is 0.334 e. The van der Waals surface area contributed by atoms with Crippen LogP contribution >= 0.6 is 0 Å². The third-order valence-corrected chi connectivity index (χ3v) is 2.67. The molecule has 1 aromatic carbocycles. The number of nitrogens with zero attached hydrogens (tertiary/aromatic N) is 1. The molecule has 1 amide bonds. The van der Waals surface area contributed by atoms with Gasteiger partial charge in [0.05, 0.1) is 0 Å². The van der Waals surface area contributed by atoms with Crippen molar-refractivity contribution in [1.82, 2.24) is 4.90 Å². The van der Waals surface area contributed by atoms with Gasteiger partial charge in [0.2, 0.25) is 5.91 Å². The predicted octanol–water partition coefficient (Wildman–Crippen LogP) is 1.01. The van der Waals surface area contributed by atoms with E-state index in [1.807, 2.05) is 11.0 Å². The smallest absolute Gasteiger partial charge is 0.220 e. The van der Waals surface area contributed by atoms with Gasteiger partial charge in [-0.25, -0.2) is 0 Å². The van der Waals surface area contributed by atoms with E-state index >= 15 is 0 Å². The van der Waals surface area contributed by atoms with Crippen LogP contribution in [-0.4, -0.2) is 10.8 Å². The number of nitrogens with two attached hydrogens (primary N) is 1. The second-order valence-corrected chi connectivity index (χ2v) is 3.68. The van der Waals surface area contributed by atoms with Crippen molar-refractivity contribution >= 4 is 5.91 Å². The summed E-state index contributed by atoms with van der Waals surface area (Å²) in [5.41, 5.74) is 9.18. The molecular weight excluding hydrogens is 176 g/mol. The monoisotopic (exact) mass is 190 g/mol. The van der Waals surface area contributed by atoms with E-state index in [-0.39, 0.29) is 5.91 Å². The Kier molecular flexibility index (Phi) is 2.25. The summed E-state index contributed by atoms with van der Waals surface area (Å²) in [4.78, 5) is 13.0. The number of carbonyl (C=O) groups excluding carboxylic acids is 1. The van der Waals surface area contributed by atoms with Gasteiger partial charge in [0.25, 0.3) is 0 Å². The maximum Gasteiger partial charge on any atom is 0.220 e. The molecule has 74 valence electrons. The summed E-state index contributed by atoms with van der Waals surface area (Å²) in [6.07, 6.45) is 0. The Labute approximate surface area is 83.5 Å². The third kappa shape index (κ3) is 1.51. The zero-order valence-corrected chi connectivity index (χ0v) is 8.29. The van der Waals surface area contributed by atoms with Crippen LogP contribution < -0.4 is 5.73 Å². The van der Waals surface area contributed by atoms with E-state index in [0.29, 0.717) is 6.54 Å². The molecule has 0 aromatic heterocycles. The minimum absolute atomic E-state index is 0.135. The van der Waals surface area contributed by atoms with Gasteiger partial charge in [-0.2, -0.15) is 0 Å². The molecule has 0 saturated heterocycles. The normalized spacial score (nSPS) is 14.3. The highest BCUT2D eigenvalue weighted by atomic mass is 16.2. The van der Waals surface area contributed by atoms with Crippen LogP contribution in [-0.2, 0) is 24.4 Å². The molecule has 2 rings (SSSR count). The van der Waals surface area contributed by atoms with Crippen LogP contribution in [0, 0.1) is 0 Å². The lowest BCUT2D eigenvalue weighted by atomic mass is 10.1. The Morgan fingerprint density at radius 3 is 2.79 bits per heavy atom. The zero-order valence-electron chi connectivity index (χ0n) is 8.29. The van der Waals surface area contributed by atoms with Gasteiger partial charge in [0.15, 0.2) is 0 Å². The van der Waals surface area contributed by atoms with Gasteiger partial charge < -0.3 is 10.6 Å². The van der Waals surface area contributed by atoms with Gasteiger partial charge in [-0.05, 0) is 16.7 Å². The van der Waals surface area contributed by atoms with Crippen LogP contribution in [0.15, 0.2) is 18.2 Å². The second kappa shape index (κ2) is 3.42. The minimum Gasteiger partial charge on any atom is -0.334 e. The molecule has 0 aliphatic carbocycles. The molecule has 0 spiro atoms. The molecule has 2 N–H and O–H groups in total. The summed E-state index contributed by atoms with van der Waals surface area (Å²) in [6, 6.07) is 6.20. The Bertz CT molecular complexity index is 374. The summed E-state index contributed by atoms with van der Waals surface area (Å²) < 4.78 is 0. The summed E-state index contributed by atoms with van der Waals surface area (Å²) in [6.45, 7) is 3.65. The van der Waals surface area contributed by atoms with Crippen molar-refractivity contribution in [2.24, 2.45) is 5.73 Å². The number of carbonyl (C=O) groups is 1. The van der Waals surface area contributed by atoms with Gasteiger partial charge in [-0.15, -0.1) is 0 Å². The molecule has 0 bridgehead atoms. The second-order valence-electron chi connectivity index (χ2n) is 3.68. The number of hydrogen-bond donors (Lipinski definition) is 1. The van der Waals surface area contributed by atoms with Crippen molar-refractivity contribution < 1.29 is 4.79 Å². The summed E-state index contributed by atoms with van der Waals surface area (Å²) in [7, 11) is 0. The maximum absolute atomic E-state index is 11.2. The molecule has 0 atom stereocenters. The Hall–Kier alpha value is -1.35. The molecular formula is C11H14N2O. The standard InChI is InChI=1S/C11H14N2O/c1-8(14)13-6-10-3-2-9(5-12)4-11(10)7-13/h2-4H,5-7,12H2,1H3. The van der Waals surface area contributed by atoms with Gasteiger partial charge in [-0.1, -0.05) is 18.2 Å². The lowest BCUT2D eigenvalue weighted by molar-refractivity contribution is -0.129. The fourth-order valence-electron chi connectivity index (χ4n) is 1.80. The zero-order chi connectivity index (χ0) is 10.1. The number of hydrogen-bond acceptors (Lipinski definition) is 2. The molecule has 0 unspecified atom stereocenters. The highest BCUT2D eigenvalue weighted by molar-refractivity contribution is 5.74. The van der Waals surface area contributed by atoms with Crippen molar-refractivity contribution in [1.29, 1.82) is 0 Å². The van der Waals surface area contributed by atoms with Crippen molar-refractivity contribution in [2.45, 2.75) is 26.6 Å². The first-order valence-corrected chi connectivity index (χ1v) is 4.77. The molecule has 0 saturated carbocycles. The average molecular weight is 190 g/mol. The predicted molar refractivity (Wildman–Crippen MR) is 54.3 cm³/mol. The van der Waals surface area contributed by atoms with Crippen LogP contribution in [0.5, 0.6) is 0 Å². The lowest BCUT2D eigenvalue weighted by Crippen LogP contribution is -2.21. The van der Waals surface area contributed by atoms with E-state index in [1.54, 1.807) is 6.92 Å². The van der Waals surface area contributed by atoms with Gasteiger partial charge in [0.1, 0.15) is 0 Å². The van der Waals surface area contributed by atoms with E-state index < -0.39 is 0 Å². The number of rotatable bonds is 1. The van der Waals surface area contributed by atoms with Crippen LogP contribution in [0.3, 0.4) is 0 Å². The molecule has 1 aliphatic heterocycles. The first-order chi connectivity index (χ1) is 6.70. The molecule has 14 heavy (non-hydrogen) atoms. The topological polar surface area (TPSA) is 46.3 Å². The van der Waals surface area contributed by atoms with E-state index in [9.17, 15) is 4.79 Å². The molecule has 1 heterocycles. The lowest BCUT2D eigenvalue weighted by Gasteiger charge is -2.10. The average Bonchev–Trinajstić information content (AvgIpc) is 2.59. The van der Waals surface area contributed by atoms with Crippen LogP contribution in [0.1, 0.15) is 23.6 Å². The molecule has 1 aliphatic rings. The molecule has 0 radical (unpaired) electrons. The van der Waals surface area contributed by atoms with Gasteiger partial charge in [-0.3, -0.25) is 4.79 Å². The third-order valence-electron chi connectivity index (χ3n) is 2.67. The fourth-order valence-corrected chi connectivity index (χ4v) is 1.80. The highest BCUT2D eigenvalue weighted by Gasteiger charge is 2.20.